The van der Waals surface area contributed by atoms with Gasteiger partial charge in [0.15, 0.2) is 0 Å². The van der Waals surface area contributed by atoms with E-state index < -0.39 is 6.03 Å². The van der Waals surface area contributed by atoms with E-state index in [4.69, 9.17) is 5.73 Å². The van der Waals surface area contributed by atoms with Crippen molar-refractivity contribution in [1.82, 2.24) is 4.90 Å². The van der Waals surface area contributed by atoms with Gasteiger partial charge in [0.2, 0.25) is 0 Å². The number of nitrogens with zero attached hydrogens (tertiary/aromatic N) is 1. The number of nitrogens with one attached hydrogen (secondary N) is 2. The van der Waals surface area contributed by atoms with Gasteiger partial charge in [0.1, 0.15) is 0 Å². The van der Waals surface area contributed by atoms with E-state index in [0.29, 0.717) is 18.0 Å². The molecule has 0 aliphatic carbocycles. The second-order valence-corrected chi connectivity index (χ2v) is 5.82. The van der Waals surface area contributed by atoms with Gasteiger partial charge in [0.25, 0.3) is 0 Å². The van der Waals surface area contributed by atoms with Crippen LogP contribution in [0.1, 0.15) is 20.3 Å². The first-order valence-electron chi connectivity index (χ1n) is 7.09. The standard InChI is InChI=1S/C15H24N4O/c1-10-9-19(3)11(2)7-14(10)17-12-5-4-6-13(8-12)18-15(16)20/h4-6,8,10-11,14,17H,7,9H2,1-3H3,(H3,16,18,20). The zero-order valence-corrected chi connectivity index (χ0v) is 12.4. The molecule has 3 unspecified atom stereocenters. The number of carbonyl (C=O) groups excluding carboxylic acids is 1. The number of likely N-dealkylation sites (tertiary alicyclic amines) is 1. The van der Waals surface area contributed by atoms with E-state index in [-0.39, 0.29) is 0 Å². The van der Waals surface area contributed by atoms with Gasteiger partial charge in [-0.1, -0.05) is 13.0 Å². The van der Waals surface area contributed by atoms with Gasteiger partial charge in [-0.15, -0.1) is 0 Å². The van der Waals surface area contributed by atoms with Crippen molar-refractivity contribution in [2.45, 2.75) is 32.4 Å². The van der Waals surface area contributed by atoms with Crippen molar-refractivity contribution in [1.29, 1.82) is 0 Å². The highest BCUT2D eigenvalue weighted by atomic mass is 16.2. The maximum Gasteiger partial charge on any atom is 0.316 e. The molecular formula is C15H24N4O. The molecule has 4 N–H and O–H groups in total. The molecule has 3 atom stereocenters. The monoisotopic (exact) mass is 276 g/mol. The quantitative estimate of drug-likeness (QED) is 0.793. The lowest BCUT2D eigenvalue weighted by atomic mass is 9.89. The van der Waals surface area contributed by atoms with Crippen molar-refractivity contribution in [3.63, 3.8) is 0 Å². The van der Waals surface area contributed by atoms with Crippen molar-refractivity contribution in [3.05, 3.63) is 24.3 Å². The molecule has 1 fully saturated rings. The molecule has 1 aliphatic rings. The molecule has 0 radical (unpaired) electrons. The van der Waals surface area contributed by atoms with E-state index in [2.05, 4.69) is 36.4 Å². The van der Waals surface area contributed by atoms with Crippen LogP contribution < -0.4 is 16.4 Å². The molecule has 1 aromatic carbocycles. The zero-order valence-electron chi connectivity index (χ0n) is 12.4. The van der Waals surface area contributed by atoms with Crippen LogP contribution in [0.25, 0.3) is 0 Å². The topological polar surface area (TPSA) is 70.4 Å². The molecule has 5 nitrogen and oxygen atoms in total. The fourth-order valence-corrected chi connectivity index (χ4v) is 2.79. The average molecular weight is 276 g/mol. The summed E-state index contributed by atoms with van der Waals surface area (Å²) in [4.78, 5) is 13.3. The third kappa shape index (κ3) is 3.63. The van der Waals surface area contributed by atoms with Crippen LogP contribution in [-0.2, 0) is 0 Å². The molecule has 1 saturated heterocycles. The van der Waals surface area contributed by atoms with E-state index in [0.717, 1.165) is 24.3 Å². The minimum absolute atomic E-state index is 0.449. The highest BCUT2D eigenvalue weighted by molar-refractivity contribution is 5.88. The predicted octanol–water partition coefficient (Wildman–Crippen LogP) is 2.32. The second kappa shape index (κ2) is 6.13. The van der Waals surface area contributed by atoms with E-state index in [1.54, 1.807) is 0 Å². The number of hydrogen-bond donors (Lipinski definition) is 3. The summed E-state index contributed by atoms with van der Waals surface area (Å²) < 4.78 is 0. The van der Waals surface area contributed by atoms with Crippen LogP contribution in [0.4, 0.5) is 16.2 Å². The lowest BCUT2D eigenvalue weighted by Gasteiger charge is -2.40. The molecule has 2 amide bonds. The maximum absolute atomic E-state index is 10.9. The lowest BCUT2D eigenvalue weighted by Crippen LogP contribution is -2.48. The van der Waals surface area contributed by atoms with Crippen molar-refractivity contribution in [2.75, 3.05) is 24.2 Å². The van der Waals surface area contributed by atoms with E-state index >= 15 is 0 Å². The Bertz CT molecular complexity index is 477. The first-order chi connectivity index (χ1) is 9.45. The van der Waals surface area contributed by atoms with Crippen molar-refractivity contribution < 1.29 is 4.79 Å². The third-order valence-electron chi connectivity index (χ3n) is 4.09. The van der Waals surface area contributed by atoms with Gasteiger partial charge in [0.05, 0.1) is 0 Å². The van der Waals surface area contributed by atoms with Crippen molar-refractivity contribution in [2.24, 2.45) is 11.7 Å². The number of anilines is 2. The minimum Gasteiger partial charge on any atom is -0.382 e. The van der Waals surface area contributed by atoms with Crippen LogP contribution in [0.5, 0.6) is 0 Å². The first-order valence-corrected chi connectivity index (χ1v) is 7.09. The molecule has 0 spiro atoms. The Labute approximate surface area is 120 Å². The van der Waals surface area contributed by atoms with Crippen LogP contribution in [0.3, 0.4) is 0 Å². The molecule has 20 heavy (non-hydrogen) atoms. The molecule has 2 rings (SSSR count). The number of primary amides is 1. The van der Waals surface area contributed by atoms with Crippen molar-refractivity contribution in [3.8, 4) is 0 Å². The molecule has 110 valence electrons. The van der Waals surface area contributed by atoms with E-state index in [9.17, 15) is 4.79 Å². The van der Waals surface area contributed by atoms with E-state index in [1.165, 1.54) is 0 Å². The Kier molecular flexibility index (Phi) is 4.49. The Morgan fingerprint density at radius 2 is 2.05 bits per heavy atom. The normalized spacial score (nSPS) is 27.1. The van der Waals surface area contributed by atoms with Gasteiger partial charge >= 0.3 is 6.03 Å². The van der Waals surface area contributed by atoms with Gasteiger partial charge in [-0.25, -0.2) is 4.79 Å². The predicted molar refractivity (Wildman–Crippen MR) is 82.9 cm³/mol. The summed E-state index contributed by atoms with van der Waals surface area (Å²) in [6.45, 7) is 5.62. The summed E-state index contributed by atoms with van der Waals surface area (Å²) in [5, 5.41) is 6.18. The van der Waals surface area contributed by atoms with Crippen LogP contribution in [0.2, 0.25) is 0 Å². The van der Waals surface area contributed by atoms with Crippen LogP contribution >= 0.6 is 0 Å². The van der Waals surface area contributed by atoms with Gasteiger partial charge in [0, 0.05) is 30.0 Å². The maximum atomic E-state index is 10.9. The second-order valence-electron chi connectivity index (χ2n) is 5.82. The third-order valence-corrected chi connectivity index (χ3v) is 4.09. The summed E-state index contributed by atoms with van der Waals surface area (Å²) in [5.74, 6) is 0.587. The number of benzene rings is 1. The number of piperidine rings is 1. The number of carbonyl (C=O) groups is 1. The number of amides is 2. The van der Waals surface area contributed by atoms with Crippen LogP contribution in [0.15, 0.2) is 24.3 Å². The van der Waals surface area contributed by atoms with Gasteiger partial charge < -0.3 is 21.3 Å². The number of rotatable bonds is 3. The van der Waals surface area contributed by atoms with Gasteiger partial charge in [-0.05, 0) is 44.5 Å². The zero-order chi connectivity index (χ0) is 14.7. The average Bonchev–Trinajstić information content (AvgIpc) is 2.35. The summed E-state index contributed by atoms with van der Waals surface area (Å²) in [5.41, 5.74) is 6.88. The summed E-state index contributed by atoms with van der Waals surface area (Å²) >= 11 is 0. The first kappa shape index (κ1) is 14.7. The van der Waals surface area contributed by atoms with Crippen LogP contribution in [-0.4, -0.2) is 36.6 Å². The van der Waals surface area contributed by atoms with E-state index in [1.807, 2.05) is 24.3 Å². The Morgan fingerprint density at radius 1 is 1.35 bits per heavy atom. The molecule has 5 heteroatoms. The summed E-state index contributed by atoms with van der Waals surface area (Å²) in [6, 6.07) is 8.17. The Balaban J connectivity index is 2.04. The van der Waals surface area contributed by atoms with Gasteiger partial charge in [-0.3, -0.25) is 0 Å². The fourth-order valence-electron chi connectivity index (χ4n) is 2.79. The highest BCUT2D eigenvalue weighted by Crippen LogP contribution is 2.25. The fraction of sp³-hybridized carbons (Fsp3) is 0.533. The lowest BCUT2D eigenvalue weighted by molar-refractivity contribution is 0.145. The van der Waals surface area contributed by atoms with Gasteiger partial charge in [-0.2, -0.15) is 0 Å². The SMILES string of the molecule is CC1CN(C)C(C)CC1Nc1cccc(NC(N)=O)c1. The molecule has 1 aliphatic heterocycles. The molecule has 0 bridgehead atoms. The molecule has 0 aromatic heterocycles. The molecule has 1 aromatic rings. The van der Waals surface area contributed by atoms with Crippen LogP contribution in [0, 0.1) is 5.92 Å². The summed E-state index contributed by atoms with van der Waals surface area (Å²) in [7, 11) is 2.18. The smallest absolute Gasteiger partial charge is 0.316 e. The minimum atomic E-state index is -0.538. The number of hydrogen-bond acceptors (Lipinski definition) is 3. The summed E-state index contributed by atoms with van der Waals surface area (Å²) in [6.07, 6.45) is 1.12. The molecular weight excluding hydrogens is 252 g/mol. The highest BCUT2D eigenvalue weighted by Gasteiger charge is 2.28. The largest absolute Gasteiger partial charge is 0.382 e. The molecule has 0 saturated carbocycles. The van der Waals surface area contributed by atoms with Crippen molar-refractivity contribution >= 4 is 17.4 Å². The molecule has 1 heterocycles. The Morgan fingerprint density at radius 3 is 2.75 bits per heavy atom. The number of nitrogens with two attached hydrogens (primary N) is 1. The Hall–Kier alpha value is -1.75. The number of urea groups is 1.